The molecule has 0 fully saturated rings. The molecule has 0 aliphatic carbocycles. The van der Waals surface area contributed by atoms with Gasteiger partial charge in [-0.2, -0.15) is 0 Å². The number of nitrogens with zero attached hydrogens (tertiary/aromatic N) is 3. The number of allylic oxidation sites excluding steroid dienone is 1. The first-order valence-electron chi connectivity index (χ1n) is 5.36. The molecule has 0 saturated carbocycles. The summed E-state index contributed by atoms with van der Waals surface area (Å²) in [6, 6.07) is 1.46. The monoisotopic (exact) mass is 332 g/mol. The second kappa shape index (κ2) is 7.38. The topological polar surface area (TPSA) is 66.7 Å². The van der Waals surface area contributed by atoms with Crippen molar-refractivity contribution in [2.45, 2.75) is 6.92 Å². The maximum absolute atomic E-state index is 12.4. The lowest BCUT2D eigenvalue weighted by Crippen LogP contribution is -2.06. The highest BCUT2D eigenvalue weighted by atomic mass is 35.5. The third kappa shape index (κ3) is 3.79. The molecule has 0 aliphatic rings. The Labute approximate surface area is 131 Å². The van der Waals surface area contributed by atoms with Gasteiger partial charge >= 0.3 is 0 Å². The number of carbonyl (C=O) groups excluding carboxylic acids is 1. The van der Waals surface area contributed by atoms with Gasteiger partial charge in [0.15, 0.2) is 5.16 Å². The normalized spacial score (nSPS) is 12.8. The molecular formula is C12H11Cl3N4O. The number of pyridine rings is 1. The Morgan fingerprint density at radius 1 is 1.45 bits per heavy atom. The van der Waals surface area contributed by atoms with Crippen molar-refractivity contribution < 1.29 is 4.79 Å². The van der Waals surface area contributed by atoms with Gasteiger partial charge in [-0.05, 0) is 19.7 Å². The number of Topliss-reactive ketones (excluding diaryl/α,β-unsaturated/α-hetero) is 1. The number of rotatable bonds is 5. The van der Waals surface area contributed by atoms with E-state index in [1.807, 2.05) is 0 Å². The minimum absolute atomic E-state index is 0.137. The van der Waals surface area contributed by atoms with Crippen molar-refractivity contribution in [1.29, 1.82) is 0 Å². The number of aromatic nitrogens is 1. The molecule has 1 aromatic heterocycles. The third-order valence-electron chi connectivity index (χ3n) is 2.19. The summed E-state index contributed by atoms with van der Waals surface area (Å²) in [5.41, 5.74) is 0.0517. The molecule has 106 valence electrons. The number of carbonyl (C=O) groups is 1. The van der Waals surface area contributed by atoms with Gasteiger partial charge < -0.3 is 5.32 Å². The van der Waals surface area contributed by atoms with Crippen LogP contribution in [-0.2, 0) is 0 Å². The first kappa shape index (κ1) is 16.6. The van der Waals surface area contributed by atoms with Crippen LogP contribution in [-0.4, -0.2) is 29.7 Å². The standard InChI is InChI=1S/C12H11Cl3N4O/c1-6(13)19-11(15)9(16-2)10(20)7-4-5-18-12(17-3)8(7)14/h4-5H,2H2,1,3H3,(H,17,18)/b11-9-,19-6+. The van der Waals surface area contributed by atoms with Crippen LogP contribution in [0.4, 0.5) is 5.82 Å². The number of ketones is 1. The van der Waals surface area contributed by atoms with E-state index in [9.17, 15) is 4.79 Å². The minimum Gasteiger partial charge on any atom is -0.372 e. The average Bonchev–Trinajstić information content (AvgIpc) is 2.38. The molecule has 0 spiro atoms. The summed E-state index contributed by atoms with van der Waals surface area (Å²) in [5, 5.41) is 2.94. The van der Waals surface area contributed by atoms with Crippen molar-refractivity contribution in [3.05, 3.63) is 33.7 Å². The zero-order valence-electron chi connectivity index (χ0n) is 10.7. The number of nitrogens with one attached hydrogen (secondary N) is 1. The lowest BCUT2D eigenvalue weighted by Gasteiger charge is -2.07. The fourth-order valence-corrected chi connectivity index (χ4v) is 2.03. The van der Waals surface area contributed by atoms with Crippen LogP contribution in [0.15, 0.2) is 33.1 Å². The predicted octanol–water partition coefficient (Wildman–Crippen LogP) is 3.73. The summed E-state index contributed by atoms with van der Waals surface area (Å²) in [4.78, 5) is 23.7. The van der Waals surface area contributed by atoms with E-state index < -0.39 is 5.78 Å². The van der Waals surface area contributed by atoms with Gasteiger partial charge in [0.1, 0.15) is 16.7 Å². The molecule has 20 heavy (non-hydrogen) atoms. The first-order chi connectivity index (χ1) is 9.42. The van der Waals surface area contributed by atoms with E-state index in [-0.39, 0.29) is 26.6 Å². The molecular weight excluding hydrogens is 323 g/mol. The molecule has 8 heteroatoms. The van der Waals surface area contributed by atoms with Crippen molar-refractivity contribution in [3.8, 4) is 0 Å². The zero-order valence-corrected chi connectivity index (χ0v) is 13.0. The summed E-state index contributed by atoms with van der Waals surface area (Å²) in [6.45, 7) is 4.83. The summed E-state index contributed by atoms with van der Waals surface area (Å²) >= 11 is 17.6. The highest BCUT2D eigenvalue weighted by Gasteiger charge is 2.20. The fraction of sp³-hybridized carbons (Fsp3) is 0.167. The highest BCUT2D eigenvalue weighted by Crippen LogP contribution is 2.27. The lowest BCUT2D eigenvalue weighted by atomic mass is 10.1. The largest absolute Gasteiger partial charge is 0.372 e. The van der Waals surface area contributed by atoms with E-state index in [1.165, 1.54) is 19.2 Å². The van der Waals surface area contributed by atoms with Crippen LogP contribution in [0.1, 0.15) is 17.3 Å². The molecule has 1 rings (SSSR count). The fourth-order valence-electron chi connectivity index (χ4n) is 1.34. The molecule has 0 bridgehead atoms. The Bertz CT molecular complexity index is 607. The van der Waals surface area contributed by atoms with Crippen LogP contribution in [0.25, 0.3) is 0 Å². The number of halogens is 3. The lowest BCUT2D eigenvalue weighted by molar-refractivity contribution is 0.103. The van der Waals surface area contributed by atoms with Crippen LogP contribution in [0, 0.1) is 0 Å². The Morgan fingerprint density at radius 2 is 2.10 bits per heavy atom. The van der Waals surface area contributed by atoms with Crippen LogP contribution in [0.3, 0.4) is 0 Å². The van der Waals surface area contributed by atoms with Gasteiger partial charge in [-0.1, -0.05) is 34.8 Å². The number of anilines is 1. The van der Waals surface area contributed by atoms with E-state index in [0.717, 1.165) is 0 Å². The highest BCUT2D eigenvalue weighted by molar-refractivity contribution is 6.65. The minimum atomic E-state index is -0.518. The van der Waals surface area contributed by atoms with Crippen molar-refractivity contribution in [1.82, 2.24) is 4.98 Å². The Hall–Kier alpha value is -1.43. The van der Waals surface area contributed by atoms with Crippen LogP contribution in [0.2, 0.25) is 5.02 Å². The van der Waals surface area contributed by atoms with Crippen LogP contribution >= 0.6 is 34.8 Å². The van der Waals surface area contributed by atoms with Crippen LogP contribution < -0.4 is 5.32 Å². The van der Waals surface area contributed by atoms with Crippen molar-refractivity contribution in [2.75, 3.05) is 12.4 Å². The predicted molar refractivity (Wildman–Crippen MR) is 84.5 cm³/mol. The smallest absolute Gasteiger partial charge is 0.216 e. The molecule has 0 aliphatic heterocycles. The second-order valence-corrected chi connectivity index (χ2v) is 4.79. The zero-order chi connectivity index (χ0) is 15.3. The van der Waals surface area contributed by atoms with Gasteiger partial charge in [0.2, 0.25) is 5.78 Å². The van der Waals surface area contributed by atoms with Gasteiger partial charge in [-0.15, -0.1) is 0 Å². The van der Waals surface area contributed by atoms with E-state index >= 15 is 0 Å². The Kier molecular flexibility index (Phi) is 6.13. The molecule has 0 unspecified atom stereocenters. The van der Waals surface area contributed by atoms with Gasteiger partial charge in [-0.3, -0.25) is 9.79 Å². The number of hydrogen-bond acceptors (Lipinski definition) is 5. The Balaban J connectivity index is 3.36. The van der Waals surface area contributed by atoms with E-state index in [2.05, 4.69) is 27.0 Å². The van der Waals surface area contributed by atoms with Crippen molar-refractivity contribution in [3.63, 3.8) is 0 Å². The van der Waals surface area contributed by atoms with Gasteiger partial charge in [0, 0.05) is 18.8 Å². The van der Waals surface area contributed by atoms with Crippen molar-refractivity contribution >= 4 is 58.3 Å². The maximum Gasteiger partial charge on any atom is 0.216 e. The summed E-state index contributed by atoms with van der Waals surface area (Å²) < 4.78 is 0. The van der Waals surface area contributed by atoms with Gasteiger partial charge in [0.05, 0.1) is 5.02 Å². The average molecular weight is 334 g/mol. The van der Waals surface area contributed by atoms with E-state index in [1.54, 1.807) is 7.05 Å². The third-order valence-corrected chi connectivity index (χ3v) is 2.92. The molecule has 1 heterocycles. The van der Waals surface area contributed by atoms with E-state index in [0.29, 0.717) is 5.82 Å². The molecule has 0 atom stereocenters. The summed E-state index contributed by atoms with van der Waals surface area (Å²) in [6.07, 6.45) is 1.44. The SMILES string of the molecule is C=N/C(C(=O)c1ccnc(NC)c1Cl)=C(Cl)\N=C(/C)Cl. The molecule has 1 N–H and O–H groups in total. The maximum atomic E-state index is 12.4. The number of hydrogen-bond donors (Lipinski definition) is 1. The first-order valence-corrected chi connectivity index (χ1v) is 6.50. The van der Waals surface area contributed by atoms with Gasteiger partial charge in [-0.25, -0.2) is 9.98 Å². The molecule has 0 aromatic carbocycles. The molecule has 1 aromatic rings. The molecule has 0 radical (unpaired) electrons. The van der Waals surface area contributed by atoms with Crippen molar-refractivity contribution in [2.24, 2.45) is 9.98 Å². The summed E-state index contributed by atoms with van der Waals surface area (Å²) in [5.74, 6) is -0.148. The van der Waals surface area contributed by atoms with Crippen LogP contribution in [0.5, 0.6) is 0 Å². The molecule has 5 nitrogen and oxygen atoms in total. The molecule has 0 saturated heterocycles. The second-order valence-electron chi connectivity index (χ2n) is 3.51. The van der Waals surface area contributed by atoms with E-state index in [4.69, 9.17) is 34.8 Å². The Morgan fingerprint density at radius 3 is 2.60 bits per heavy atom. The van der Waals surface area contributed by atoms with Gasteiger partial charge in [0.25, 0.3) is 0 Å². The summed E-state index contributed by atoms with van der Waals surface area (Å²) in [7, 11) is 1.64. The molecule has 0 amide bonds. The number of aliphatic imine (C=N–C) groups is 2. The quantitative estimate of drug-likeness (QED) is 0.386.